The fraction of sp³-hybridized carbons (Fsp3) is 0.533. The van der Waals surface area contributed by atoms with E-state index in [-0.39, 0.29) is 11.9 Å². The summed E-state index contributed by atoms with van der Waals surface area (Å²) < 4.78 is 5.36. The van der Waals surface area contributed by atoms with Gasteiger partial charge in [-0.05, 0) is 51.1 Å². The standard InChI is InChI=1S/C15H23N3O2/c1-11(18(2)14-7-9-20-10-8-14)15(19)17-13-5-3-12(16)4-6-13/h3-6,11,14H,7-10,16H2,1-2H3,(H,17,19). The minimum atomic E-state index is -0.171. The highest BCUT2D eigenvalue weighted by Gasteiger charge is 2.26. The van der Waals surface area contributed by atoms with E-state index < -0.39 is 0 Å². The Morgan fingerprint density at radius 2 is 1.95 bits per heavy atom. The van der Waals surface area contributed by atoms with E-state index in [0.717, 1.165) is 31.7 Å². The van der Waals surface area contributed by atoms with Gasteiger partial charge in [-0.2, -0.15) is 0 Å². The molecule has 1 saturated heterocycles. The average Bonchev–Trinajstić information content (AvgIpc) is 2.49. The van der Waals surface area contributed by atoms with Gasteiger partial charge in [0.05, 0.1) is 6.04 Å². The van der Waals surface area contributed by atoms with Gasteiger partial charge in [0.25, 0.3) is 0 Å². The number of hydrogen-bond donors (Lipinski definition) is 2. The molecule has 1 atom stereocenters. The van der Waals surface area contributed by atoms with Crippen LogP contribution in [0.1, 0.15) is 19.8 Å². The van der Waals surface area contributed by atoms with E-state index in [4.69, 9.17) is 10.5 Å². The molecule has 1 heterocycles. The number of carbonyl (C=O) groups excluding carboxylic acids is 1. The van der Waals surface area contributed by atoms with E-state index in [1.165, 1.54) is 0 Å². The summed E-state index contributed by atoms with van der Waals surface area (Å²) in [5.74, 6) is 0.00348. The van der Waals surface area contributed by atoms with Crippen molar-refractivity contribution in [3.05, 3.63) is 24.3 Å². The zero-order chi connectivity index (χ0) is 14.5. The normalized spacial score (nSPS) is 17.9. The lowest BCUT2D eigenvalue weighted by Gasteiger charge is -2.34. The van der Waals surface area contributed by atoms with Crippen molar-refractivity contribution in [1.29, 1.82) is 0 Å². The first-order valence-electron chi connectivity index (χ1n) is 7.04. The fourth-order valence-corrected chi connectivity index (χ4v) is 2.41. The number of nitrogens with one attached hydrogen (secondary N) is 1. The summed E-state index contributed by atoms with van der Waals surface area (Å²) >= 11 is 0. The molecule has 1 unspecified atom stereocenters. The smallest absolute Gasteiger partial charge is 0.241 e. The van der Waals surface area contributed by atoms with E-state index >= 15 is 0 Å². The number of anilines is 2. The van der Waals surface area contributed by atoms with Crippen molar-refractivity contribution in [1.82, 2.24) is 4.90 Å². The van der Waals surface area contributed by atoms with Gasteiger partial charge in [0.1, 0.15) is 0 Å². The van der Waals surface area contributed by atoms with Crippen LogP contribution in [0.25, 0.3) is 0 Å². The molecule has 1 aliphatic heterocycles. The largest absolute Gasteiger partial charge is 0.399 e. The lowest BCUT2D eigenvalue weighted by Crippen LogP contribution is -2.47. The van der Waals surface area contributed by atoms with Gasteiger partial charge in [-0.15, -0.1) is 0 Å². The number of nitrogens with two attached hydrogens (primary N) is 1. The van der Waals surface area contributed by atoms with Crippen molar-refractivity contribution in [2.45, 2.75) is 31.8 Å². The number of hydrogen-bond acceptors (Lipinski definition) is 4. The molecule has 110 valence electrons. The van der Waals surface area contributed by atoms with E-state index in [2.05, 4.69) is 10.2 Å². The molecule has 1 aromatic rings. The lowest BCUT2D eigenvalue weighted by atomic mass is 10.1. The molecule has 0 radical (unpaired) electrons. The molecule has 0 aliphatic carbocycles. The molecule has 1 aromatic carbocycles. The number of likely N-dealkylation sites (N-methyl/N-ethyl adjacent to an activating group) is 1. The average molecular weight is 277 g/mol. The molecule has 0 spiro atoms. The summed E-state index contributed by atoms with van der Waals surface area (Å²) in [5, 5.41) is 2.92. The highest BCUT2D eigenvalue weighted by atomic mass is 16.5. The second-order valence-electron chi connectivity index (χ2n) is 5.30. The van der Waals surface area contributed by atoms with Crippen LogP contribution in [0.4, 0.5) is 11.4 Å². The fourth-order valence-electron chi connectivity index (χ4n) is 2.41. The molecule has 20 heavy (non-hydrogen) atoms. The molecule has 0 saturated carbocycles. The number of nitrogen functional groups attached to an aromatic ring is 1. The topological polar surface area (TPSA) is 67.6 Å². The predicted octanol–water partition coefficient (Wildman–Crippen LogP) is 1.71. The van der Waals surface area contributed by atoms with Crippen LogP contribution >= 0.6 is 0 Å². The first-order chi connectivity index (χ1) is 9.58. The van der Waals surface area contributed by atoms with E-state index in [0.29, 0.717) is 11.7 Å². The first-order valence-corrected chi connectivity index (χ1v) is 7.04. The second kappa shape index (κ2) is 6.72. The third-order valence-corrected chi connectivity index (χ3v) is 3.94. The van der Waals surface area contributed by atoms with E-state index in [9.17, 15) is 4.79 Å². The molecule has 1 amide bonds. The summed E-state index contributed by atoms with van der Waals surface area (Å²) in [6.45, 7) is 3.49. The third-order valence-electron chi connectivity index (χ3n) is 3.94. The van der Waals surface area contributed by atoms with Gasteiger partial charge in [-0.25, -0.2) is 0 Å². The van der Waals surface area contributed by atoms with E-state index in [1.54, 1.807) is 12.1 Å². The minimum absolute atomic E-state index is 0.00348. The van der Waals surface area contributed by atoms with Gasteiger partial charge >= 0.3 is 0 Å². The van der Waals surface area contributed by atoms with Gasteiger partial charge < -0.3 is 15.8 Å². The molecule has 1 fully saturated rings. The van der Waals surface area contributed by atoms with Crippen LogP contribution in [-0.4, -0.2) is 43.2 Å². The van der Waals surface area contributed by atoms with Crippen LogP contribution in [0.2, 0.25) is 0 Å². The minimum Gasteiger partial charge on any atom is -0.399 e. The number of amides is 1. The quantitative estimate of drug-likeness (QED) is 0.822. The van der Waals surface area contributed by atoms with Gasteiger partial charge in [0.2, 0.25) is 5.91 Å². The van der Waals surface area contributed by atoms with Crippen LogP contribution in [0.3, 0.4) is 0 Å². The van der Waals surface area contributed by atoms with Crippen LogP contribution in [0.5, 0.6) is 0 Å². The molecular weight excluding hydrogens is 254 g/mol. The van der Waals surface area contributed by atoms with Crippen LogP contribution in [-0.2, 0) is 9.53 Å². The maximum Gasteiger partial charge on any atom is 0.241 e. The van der Waals surface area contributed by atoms with Crippen molar-refractivity contribution in [3.63, 3.8) is 0 Å². The molecular formula is C15H23N3O2. The Bertz CT molecular complexity index is 441. The van der Waals surface area contributed by atoms with Crippen molar-refractivity contribution < 1.29 is 9.53 Å². The summed E-state index contributed by atoms with van der Waals surface area (Å²) in [6.07, 6.45) is 1.96. The Morgan fingerprint density at radius 1 is 1.35 bits per heavy atom. The molecule has 2 rings (SSSR count). The van der Waals surface area contributed by atoms with Crippen molar-refractivity contribution in [3.8, 4) is 0 Å². The molecule has 1 aliphatic rings. The monoisotopic (exact) mass is 277 g/mol. The maximum absolute atomic E-state index is 12.3. The Morgan fingerprint density at radius 3 is 2.55 bits per heavy atom. The number of benzene rings is 1. The number of nitrogens with zero attached hydrogens (tertiary/aromatic N) is 1. The summed E-state index contributed by atoms with van der Waals surface area (Å²) in [6, 6.07) is 7.43. The van der Waals surface area contributed by atoms with Crippen LogP contribution in [0.15, 0.2) is 24.3 Å². The Labute approximate surface area is 120 Å². The highest BCUT2D eigenvalue weighted by molar-refractivity contribution is 5.94. The van der Waals surface area contributed by atoms with Crippen LogP contribution in [0, 0.1) is 0 Å². The van der Waals surface area contributed by atoms with Gasteiger partial charge in [0, 0.05) is 30.6 Å². The summed E-state index contributed by atoms with van der Waals surface area (Å²) in [7, 11) is 2.00. The first kappa shape index (κ1) is 14.8. The van der Waals surface area contributed by atoms with Crippen molar-refractivity contribution in [2.75, 3.05) is 31.3 Å². The van der Waals surface area contributed by atoms with Crippen molar-refractivity contribution >= 4 is 17.3 Å². The zero-order valence-electron chi connectivity index (χ0n) is 12.1. The second-order valence-corrected chi connectivity index (χ2v) is 5.30. The number of ether oxygens (including phenoxy) is 1. The molecule has 5 heteroatoms. The van der Waals surface area contributed by atoms with Gasteiger partial charge in [0.15, 0.2) is 0 Å². The number of rotatable bonds is 4. The molecule has 5 nitrogen and oxygen atoms in total. The Balaban J connectivity index is 1.92. The van der Waals surface area contributed by atoms with E-state index in [1.807, 2.05) is 26.1 Å². The zero-order valence-corrected chi connectivity index (χ0v) is 12.1. The maximum atomic E-state index is 12.3. The number of carbonyl (C=O) groups is 1. The van der Waals surface area contributed by atoms with Gasteiger partial charge in [-0.3, -0.25) is 9.69 Å². The van der Waals surface area contributed by atoms with Crippen molar-refractivity contribution in [2.24, 2.45) is 0 Å². The SMILES string of the molecule is CC(C(=O)Nc1ccc(N)cc1)N(C)C1CCOCC1. The van der Waals surface area contributed by atoms with Crippen LogP contribution < -0.4 is 11.1 Å². The Hall–Kier alpha value is -1.59. The molecule has 3 N–H and O–H groups in total. The highest BCUT2D eigenvalue weighted by Crippen LogP contribution is 2.17. The molecule has 0 aromatic heterocycles. The Kier molecular flexibility index (Phi) is 4.98. The third kappa shape index (κ3) is 3.71. The predicted molar refractivity (Wildman–Crippen MR) is 80.6 cm³/mol. The summed E-state index contributed by atoms with van der Waals surface area (Å²) in [4.78, 5) is 14.4. The van der Waals surface area contributed by atoms with Gasteiger partial charge in [-0.1, -0.05) is 0 Å². The molecule has 0 bridgehead atoms. The summed E-state index contributed by atoms with van der Waals surface area (Å²) in [5.41, 5.74) is 7.09. The lowest BCUT2D eigenvalue weighted by molar-refractivity contribution is -0.121.